The molecule has 4 rings (SSSR count). The van der Waals surface area contributed by atoms with Crippen LogP contribution in [-0.4, -0.2) is 83.4 Å². The van der Waals surface area contributed by atoms with Crippen LogP contribution in [0.3, 0.4) is 0 Å². The van der Waals surface area contributed by atoms with E-state index < -0.39 is 73.2 Å². The van der Waals surface area contributed by atoms with E-state index >= 15 is 0 Å². The maximum absolute atomic E-state index is 11.7. The number of carbonyl (C=O) groups excluding carboxylic acids is 1. The third kappa shape index (κ3) is 5.44. The fraction of sp³-hybridized carbons (Fsp3) is 0.708. The Morgan fingerprint density at radius 1 is 0.971 bits per heavy atom. The molecule has 3 fully saturated rings. The predicted octanol–water partition coefficient (Wildman–Crippen LogP) is 1.25. The Labute approximate surface area is 199 Å². The van der Waals surface area contributed by atoms with E-state index in [1.807, 2.05) is 37.3 Å². The molecule has 6 unspecified atom stereocenters. The molecule has 0 aliphatic carbocycles. The Kier molecular flexibility index (Phi) is 7.61. The molecule has 34 heavy (non-hydrogen) atoms. The molecule has 3 heterocycles. The molecule has 0 aromatic heterocycles. The molecule has 3 aliphatic heterocycles. The summed E-state index contributed by atoms with van der Waals surface area (Å²) in [6.07, 6.45) is -8.85. The number of hydrogen-bond donors (Lipinski definition) is 2. The molecule has 2 N–H and O–H groups in total. The van der Waals surface area contributed by atoms with Crippen molar-refractivity contribution >= 4 is 5.97 Å². The first-order valence-electron chi connectivity index (χ1n) is 11.6. The molecule has 3 saturated heterocycles. The first-order chi connectivity index (χ1) is 16.1. The molecule has 0 spiro atoms. The van der Waals surface area contributed by atoms with Crippen molar-refractivity contribution in [3.05, 3.63) is 35.9 Å². The molecule has 190 valence electrons. The van der Waals surface area contributed by atoms with Gasteiger partial charge in [0.15, 0.2) is 24.5 Å². The van der Waals surface area contributed by atoms with Gasteiger partial charge >= 0.3 is 5.97 Å². The van der Waals surface area contributed by atoms with Crippen LogP contribution in [0.2, 0.25) is 0 Å². The van der Waals surface area contributed by atoms with Crippen molar-refractivity contribution in [1.29, 1.82) is 0 Å². The van der Waals surface area contributed by atoms with Crippen LogP contribution in [-0.2, 0) is 44.6 Å². The summed E-state index contributed by atoms with van der Waals surface area (Å²) in [4.78, 5) is 11.7. The van der Waals surface area contributed by atoms with Gasteiger partial charge in [-0.2, -0.15) is 0 Å². The maximum Gasteiger partial charge on any atom is 0.303 e. The second-order valence-corrected chi connectivity index (χ2v) is 9.43. The number of ether oxygens (including phenoxy) is 7. The molecule has 0 radical (unpaired) electrons. The molecule has 0 saturated carbocycles. The second-order valence-electron chi connectivity index (χ2n) is 9.43. The minimum absolute atomic E-state index is 0.370. The van der Waals surface area contributed by atoms with Crippen molar-refractivity contribution in [2.75, 3.05) is 0 Å². The quantitative estimate of drug-likeness (QED) is 0.573. The van der Waals surface area contributed by atoms with Crippen LogP contribution in [0.15, 0.2) is 30.3 Å². The van der Waals surface area contributed by atoms with E-state index in [1.54, 1.807) is 20.8 Å². The number of carbonyl (C=O) groups is 1. The lowest BCUT2D eigenvalue weighted by atomic mass is 9.97. The van der Waals surface area contributed by atoms with Crippen molar-refractivity contribution in [2.24, 2.45) is 0 Å². The summed E-state index contributed by atoms with van der Waals surface area (Å²) in [6, 6.07) is 9.77. The molecular weight excluding hydrogens is 448 g/mol. The van der Waals surface area contributed by atoms with Crippen molar-refractivity contribution in [3.63, 3.8) is 0 Å². The lowest BCUT2D eigenvalue weighted by Crippen LogP contribution is -2.63. The van der Waals surface area contributed by atoms with E-state index in [0.29, 0.717) is 6.61 Å². The summed E-state index contributed by atoms with van der Waals surface area (Å²) in [5.74, 6) is -1.49. The van der Waals surface area contributed by atoms with Crippen LogP contribution in [0, 0.1) is 0 Å². The smallest absolute Gasteiger partial charge is 0.303 e. The van der Waals surface area contributed by atoms with Crippen molar-refractivity contribution in [2.45, 2.75) is 108 Å². The molecule has 0 amide bonds. The zero-order chi connectivity index (χ0) is 24.6. The summed E-state index contributed by atoms with van der Waals surface area (Å²) < 4.78 is 41.4. The van der Waals surface area contributed by atoms with Gasteiger partial charge in [0, 0.05) is 6.92 Å². The summed E-state index contributed by atoms with van der Waals surface area (Å²) in [5, 5.41) is 20.7. The molecule has 1 aromatic carbocycles. The highest BCUT2D eigenvalue weighted by Crippen LogP contribution is 2.40. The van der Waals surface area contributed by atoms with E-state index in [2.05, 4.69) is 0 Å². The van der Waals surface area contributed by atoms with Crippen LogP contribution < -0.4 is 0 Å². The Morgan fingerprint density at radius 3 is 2.29 bits per heavy atom. The summed E-state index contributed by atoms with van der Waals surface area (Å²) in [6.45, 7) is 8.67. The minimum Gasteiger partial charge on any atom is -0.457 e. The maximum atomic E-state index is 11.7. The van der Waals surface area contributed by atoms with Crippen molar-refractivity contribution in [1.82, 2.24) is 0 Å². The number of hydrogen-bond acceptors (Lipinski definition) is 10. The highest BCUT2D eigenvalue weighted by Gasteiger charge is 2.57. The number of fused-ring (bicyclic) bond motifs is 1. The van der Waals surface area contributed by atoms with Crippen LogP contribution in [0.25, 0.3) is 0 Å². The van der Waals surface area contributed by atoms with Gasteiger partial charge in [0.2, 0.25) is 0 Å². The number of aliphatic hydroxyl groups excluding tert-OH is 2. The normalized spacial score (nSPS) is 41.6. The number of esters is 1. The van der Waals surface area contributed by atoms with Gasteiger partial charge in [-0.25, -0.2) is 0 Å². The van der Waals surface area contributed by atoms with Crippen LogP contribution >= 0.6 is 0 Å². The zero-order valence-electron chi connectivity index (χ0n) is 20.0. The van der Waals surface area contributed by atoms with E-state index in [-0.39, 0.29) is 0 Å². The van der Waals surface area contributed by atoms with E-state index in [1.165, 1.54) is 6.92 Å². The summed E-state index contributed by atoms with van der Waals surface area (Å²) in [5.41, 5.74) is 1.01. The van der Waals surface area contributed by atoms with Gasteiger partial charge < -0.3 is 43.4 Å². The third-order valence-electron chi connectivity index (χ3n) is 6.21. The van der Waals surface area contributed by atoms with Gasteiger partial charge in [-0.15, -0.1) is 0 Å². The predicted molar refractivity (Wildman–Crippen MR) is 116 cm³/mol. The largest absolute Gasteiger partial charge is 0.457 e. The monoisotopic (exact) mass is 482 g/mol. The molecule has 1 aromatic rings. The SMILES string of the molecule is CC(=O)O[C@@H]1C(C)O[C@H](O)C(O)C1O[C@@H]1OC(C)[C@H](OCc2ccccc2)C2OC(C)(C)OC21. The standard InChI is InChI=1S/C24H34O10/c1-12-17(28-11-15-9-7-6-8-10-15)20-21(34-24(4,5)33-20)23(30-12)32-19-16(26)22(27)29-13(2)18(19)31-14(3)25/h6-10,12-13,16-23,26-27H,11H2,1-5H3/t12?,13?,16?,17-,18+,19?,20?,21?,22-,23-/m0/s1. The fourth-order valence-electron chi connectivity index (χ4n) is 4.69. The molecule has 0 bridgehead atoms. The van der Waals surface area contributed by atoms with Crippen molar-refractivity contribution in [3.8, 4) is 0 Å². The van der Waals surface area contributed by atoms with Crippen molar-refractivity contribution < 1.29 is 48.2 Å². The Balaban J connectivity index is 1.52. The Bertz CT molecular complexity index is 832. The van der Waals surface area contributed by atoms with Crippen LogP contribution in [0.5, 0.6) is 0 Å². The van der Waals surface area contributed by atoms with Crippen LogP contribution in [0.4, 0.5) is 0 Å². The van der Waals surface area contributed by atoms with Gasteiger partial charge in [-0.1, -0.05) is 30.3 Å². The number of rotatable bonds is 6. The average Bonchev–Trinajstić information content (AvgIpc) is 3.09. The van der Waals surface area contributed by atoms with Gasteiger partial charge in [0.1, 0.15) is 30.5 Å². The summed E-state index contributed by atoms with van der Waals surface area (Å²) in [7, 11) is 0. The second kappa shape index (κ2) is 10.2. The first-order valence-corrected chi connectivity index (χ1v) is 11.6. The Morgan fingerprint density at radius 2 is 1.62 bits per heavy atom. The molecule has 10 nitrogen and oxygen atoms in total. The van der Waals surface area contributed by atoms with Gasteiger partial charge in [-0.3, -0.25) is 4.79 Å². The summed E-state index contributed by atoms with van der Waals surface area (Å²) >= 11 is 0. The average molecular weight is 483 g/mol. The topological polar surface area (TPSA) is 122 Å². The fourth-order valence-corrected chi connectivity index (χ4v) is 4.69. The lowest BCUT2D eigenvalue weighted by Gasteiger charge is -2.45. The van der Waals surface area contributed by atoms with Gasteiger partial charge in [-0.05, 0) is 33.3 Å². The Hall–Kier alpha value is -1.63. The number of benzene rings is 1. The van der Waals surface area contributed by atoms with Crippen LogP contribution in [0.1, 0.15) is 40.2 Å². The van der Waals surface area contributed by atoms with Gasteiger partial charge in [0.25, 0.3) is 0 Å². The highest BCUT2D eigenvalue weighted by molar-refractivity contribution is 5.66. The molecule has 3 aliphatic rings. The minimum atomic E-state index is -1.51. The van der Waals surface area contributed by atoms with E-state index in [4.69, 9.17) is 33.2 Å². The van der Waals surface area contributed by atoms with Gasteiger partial charge in [0.05, 0.1) is 18.8 Å². The third-order valence-corrected chi connectivity index (χ3v) is 6.21. The lowest BCUT2D eigenvalue weighted by molar-refractivity contribution is -0.344. The number of aliphatic hydroxyl groups is 2. The molecule has 10 heteroatoms. The van der Waals surface area contributed by atoms with E-state index in [0.717, 1.165) is 5.56 Å². The zero-order valence-corrected chi connectivity index (χ0v) is 20.0. The molecular formula is C24H34O10. The molecule has 10 atom stereocenters. The van der Waals surface area contributed by atoms with E-state index in [9.17, 15) is 15.0 Å². The first kappa shape index (κ1) is 25.5. The highest BCUT2D eigenvalue weighted by atomic mass is 16.8.